The van der Waals surface area contributed by atoms with Gasteiger partial charge in [0.15, 0.2) is 0 Å². The van der Waals surface area contributed by atoms with E-state index in [4.69, 9.17) is 23.7 Å². The number of rotatable bonds is 13. The molecule has 208 valence electrons. The molecule has 7 nitrogen and oxygen atoms in total. The fourth-order valence-corrected chi connectivity index (χ4v) is 5.45. The molecule has 0 radical (unpaired) electrons. The predicted octanol–water partition coefficient (Wildman–Crippen LogP) is 5.44. The van der Waals surface area contributed by atoms with Crippen LogP contribution in [0.4, 0.5) is 0 Å². The summed E-state index contributed by atoms with van der Waals surface area (Å²) >= 11 is 0. The Balaban J connectivity index is 1.69. The molecule has 0 unspecified atom stereocenters. The molecule has 1 atom stereocenters. The third-order valence-electron chi connectivity index (χ3n) is 7.60. The molecule has 0 spiro atoms. The van der Waals surface area contributed by atoms with Gasteiger partial charge in [0.25, 0.3) is 0 Å². The smallest absolute Gasteiger partial charge is 0.305 e. The number of hydrogen-bond donors (Lipinski definition) is 0. The summed E-state index contributed by atoms with van der Waals surface area (Å²) in [5.41, 5.74) is 2.08. The average molecular weight is 534 g/mol. The molecular formula is C32H39NO6. The molecule has 0 saturated carbocycles. The standard InChI is InChI=1S/C32H39NO6/c1-35-28-14-7-24(8-15-28)32(25-9-16-29(36-2)17-10-25,26-11-18-30(37-3)19-12-26)39-23-22-33-21-5-6-27(33)13-20-31(34)38-4/h7-12,14-19,27H,5-6,13,20-23H2,1-4H3/t27-/m0/s1. The van der Waals surface area contributed by atoms with Crippen LogP contribution in [-0.4, -0.2) is 65.0 Å². The normalized spacial score (nSPS) is 15.6. The van der Waals surface area contributed by atoms with Crippen LogP contribution in [-0.2, 0) is 19.9 Å². The lowest BCUT2D eigenvalue weighted by molar-refractivity contribution is -0.141. The maximum Gasteiger partial charge on any atom is 0.305 e. The van der Waals surface area contributed by atoms with Crippen LogP contribution in [0, 0.1) is 0 Å². The molecule has 0 N–H and O–H groups in total. The van der Waals surface area contributed by atoms with Gasteiger partial charge in [0.2, 0.25) is 0 Å². The Morgan fingerprint density at radius 2 is 1.23 bits per heavy atom. The van der Waals surface area contributed by atoms with Gasteiger partial charge in [-0.3, -0.25) is 9.69 Å². The molecule has 1 aliphatic rings. The summed E-state index contributed by atoms with van der Waals surface area (Å²) in [5.74, 6) is 2.18. The van der Waals surface area contributed by atoms with Crippen LogP contribution in [0.3, 0.4) is 0 Å². The van der Waals surface area contributed by atoms with Gasteiger partial charge in [0.05, 0.1) is 35.0 Å². The van der Waals surface area contributed by atoms with Gasteiger partial charge in [-0.2, -0.15) is 0 Å². The van der Waals surface area contributed by atoms with Gasteiger partial charge in [-0.05, 0) is 78.9 Å². The van der Waals surface area contributed by atoms with E-state index < -0.39 is 5.60 Å². The Bertz CT molecular complexity index is 1060. The van der Waals surface area contributed by atoms with E-state index in [1.54, 1.807) is 21.3 Å². The number of methoxy groups -OCH3 is 4. The Hall–Kier alpha value is -3.55. The fourth-order valence-electron chi connectivity index (χ4n) is 5.45. The minimum Gasteiger partial charge on any atom is -0.497 e. The average Bonchev–Trinajstić information content (AvgIpc) is 3.45. The quantitative estimate of drug-likeness (QED) is 0.214. The van der Waals surface area contributed by atoms with E-state index in [9.17, 15) is 4.79 Å². The van der Waals surface area contributed by atoms with Gasteiger partial charge in [-0.25, -0.2) is 0 Å². The van der Waals surface area contributed by atoms with E-state index in [1.165, 1.54) is 7.11 Å². The topological polar surface area (TPSA) is 66.5 Å². The number of likely N-dealkylation sites (tertiary alicyclic amines) is 1. The number of nitrogens with zero attached hydrogens (tertiary/aromatic N) is 1. The highest BCUT2D eigenvalue weighted by molar-refractivity contribution is 5.69. The van der Waals surface area contributed by atoms with Crippen molar-refractivity contribution in [2.24, 2.45) is 0 Å². The fraction of sp³-hybridized carbons (Fsp3) is 0.406. The lowest BCUT2D eigenvalue weighted by Crippen LogP contribution is -2.38. The van der Waals surface area contributed by atoms with E-state index in [2.05, 4.69) is 41.3 Å². The molecular weight excluding hydrogens is 494 g/mol. The third kappa shape index (κ3) is 6.54. The molecule has 3 aromatic rings. The first-order chi connectivity index (χ1) is 19.0. The minimum atomic E-state index is -0.883. The zero-order chi connectivity index (χ0) is 27.7. The highest BCUT2D eigenvalue weighted by Crippen LogP contribution is 2.42. The molecule has 0 aromatic heterocycles. The second-order valence-corrected chi connectivity index (χ2v) is 9.66. The number of carbonyl (C=O) groups is 1. The zero-order valence-corrected chi connectivity index (χ0v) is 23.4. The maximum atomic E-state index is 11.7. The number of ether oxygens (including phenoxy) is 5. The Morgan fingerprint density at radius 3 is 1.64 bits per heavy atom. The summed E-state index contributed by atoms with van der Waals surface area (Å²) in [6.07, 6.45) is 3.43. The van der Waals surface area contributed by atoms with E-state index in [1.807, 2.05) is 36.4 Å². The van der Waals surface area contributed by atoms with Crippen LogP contribution in [0.25, 0.3) is 0 Å². The first-order valence-electron chi connectivity index (χ1n) is 13.4. The van der Waals surface area contributed by atoms with Crippen molar-refractivity contribution in [1.82, 2.24) is 4.90 Å². The highest BCUT2D eigenvalue weighted by atomic mass is 16.5. The first kappa shape index (κ1) is 28.5. The van der Waals surface area contributed by atoms with Gasteiger partial charge in [-0.15, -0.1) is 0 Å². The van der Waals surface area contributed by atoms with Crippen molar-refractivity contribution in [3.8, 4) is 17.2 Å². The Morgan fingerprint density at radius 1 is 0.769 bits per heavy atom. The molecule has 0 bridgehead atoms. The number of esters is 1. The monoisotopic (exact) mass is 533 g/mol. The molecule has 0 aliphatic carbocycles. The molecule has 1 aliphatic heterocycles. The Kier molecular flexibility index (Phi) is 9.85. The van der Waals surface area contributed by atoms with Crippen molar-refractivity contribution in [3.63, 3.8) is 0 Å². The molecule has 0 amide bonds. The summed E-state index contributed by atoms with van der Waals surface area (Å²) in [4.78, 5) is 14.2. The number of carbonyl (C=O) groups excluding carboxylic acids is 1. The van der Waals surface area contributed by atoms with Crippen molar-refractivity contribution in [2.75, 3.05) is 48.1 Å². The summed E-state index contributed by atoms with van der Waals surface area (Å²) in [7, 11) is 6.44. The molecule has 1 heterocycles. The van der Waals surface area contributed by atoms with Crippen LogP contribution in [0.5, 0.6) is 17.2 Å². The van der Waals surface area contributed by atoms with E-state index >= 15 is 0 Å². The van der Waals surface area contributed by atoms with Crippen molar-refractivity contribution in [1.29, 1.82) is 0 Å². The second-order valence-electron chi connectivity index (χ2n) is 9.66. The lowest BCUT2D eigenvalue weighted by Gasteiger charge is -2.37. The number of hydrogen-bond acceptors (Lipinski definition) is 7. The van der Waals surface area contributed by atoms with Crippen LogP contribution in [0.1, 0.15) is 42.4 Å². The molecule has 1 saturated heterocycles. The predicted molar refractivity (Wildman–Crippen MR) is 151 cm³/mol. The van der Waals surface area contributed by atoms with Crippen molar-refractivity contribution < 1.29 is 28.5 Å². The van der Waals surface area contributed by atoms with Gasteiger partial charge in [-0.1, -0.05) is 36.4 Å². The van der Waals surface area contributed by atoms with Gasteiger partial charge >= 0.3 is 5.97 Å². The van der Waals surface area contributed by atoms with Gasteiger partial charge in [0, 0.05) is 19.0 Å². The second kappa shape index (κ2) is 13.5. The van der Waals surface area contributed by atoms with Crippen LogP contribution in [0.2, 0.25) is 0 Å². The molecule has 7 heteroatoms. The SMILES string of the molecule is COC(=O)CC[C@@H]1CCCN1CCOC(c1ccc(OC)cc1)(c1ccc(OC)cc1)c1ccc(OC)cc1. The third-order valence-corrected chi connectivity index (χ3v) is 7.60. The van der Waals surface area contributed by atoms with Crippen LogP contribution >= 0.6 is 0 Å². The Labute approximate surface area is 231 Å². The van der Waals surface area contributed by atoms with E-state index in [0.717, 1.165) is 66.3 Å². The first-order valence-corrected chi connectivity index (χ1v) is 13.4. The molecule has 39 heavy (non-hydrogen) atoms. The van der Waals surface area contributed by atoms with E-state index in [-0.39, 0.29) is 5.97 Å². The van der Waals surface area contributed by atoms with Gasteiger partial charge in [0.1, 0.15) is 22.8 Å². The molecule has 4 rings (SSSR count). The van der Waals surface area contributed by atoms with Crippen molar-refractivity contribution in [3.05, 3.63) is 89.5 Å². The van der Waals surface area contributed by atoms with E-state index in [0.29, 0.717) is 19.1 Å². The van der Waals surface area contributed by atoms with Crippen LogP contribution in [0.15, 0.2) is 72.8 Å². The lowest BCUT2D eigenvalue weighted by atomic mass is 9.80. The van der Waals surface area contributed by atoms with Crippen molar-refractivity contribution in [2.45, 2.75) is 37.3 Å². The summed E-state index contributed by atoms with van der Waals surface area (Å²) in [6, 6.07) is 24.5. The van der Waals surface area contributed by atoms with Crippen molar-refractivity contribution >= 4 is 5.97 Å². The van der Waals surface area contributed by atoms with Crippen LogP contribution < -0.4 is 14.2 Å². The summed E-state index contributed by atoms with van der Waals surface area (Å²) < 4.78 is 28.2. The summed E-state index contributed by atoms with van der Waals surface area (Å²) in [5, 5.41) is 0. The maximum absolute atomic E-state index is 11.7. The molecule has 3 aromatic carbocycles. The summed E-state index contributed by atoms with van der Waals surface area (Å²) in [6.45, 7) is 2.25. The van der Waals surface area contributed by atoms with Gasteiger partial charge < -0.3 is 23.7 Å². The largest absolute Gasteiger partial charge is 0.497 e. The minimum absolute atomic E-state index is 0.157. The highest BCUT2D eigenvalue weighted by Gasteiger charge is 2.38. The molecule has 1 fully saturated rings. The number of benzene rings is 3. The zero-order valence-electron chi connectivity index (χ0n) is 23.4.